The molecule has 0 saturated carbocycles. The molecule has 8 nitrogen and oxygen atoms in total. The van der Waals surface area contributed by atoms with Crippen LogP contribution in [-0.4, -0.2) is 51.4 Å². The standard InChI is InChI=1S/C17H25N5O3/c1-24-10-8-15-20-17(25-21-15)14-6-2-3-9-22(14)16(23)7-4-5-13-11-18-19-12-13/h11-12,14H,2-10H2,1H3,(H,18,19). The molecule has 3 heterocycles. The largest absolute Gasteiger partial charge is 0.384 e. The molecule has 1 amide bonds. The summed E-state index contributed by atoms with van der Waals surface area (Å²) in [4.78, 5) is 19.1. The molecule has 0 bridgehead atoms. The quantitative estimate of drug-likeness (QED) is 0.785. The van der Waals surface area contributed by atoms with Gasteiger partial charge in [-0.3, -0.25) is 9.89 Å². The van der Waals surface area contributed by atoms with E-state index in [2.05, 4.69) is 20.3 Å². The molecule has 25 heavy (non-hydrogen) atoms. The van der Waals surface area contributed by atoms with Crippen molar-refractivity contribution < 1.29 is 14.1 Å². The van der Waals surface area contributed by atoms with Gasteiger partial charge in [0, 0.05) is 32.7 Å². The number of hydrogen-bond acceptors (Lipinski definition) is 6. The van der Waals surface area contributed by atoms with Crippen molar-refractivity contribution in [3.63, 3.8) is 0 Å². The predicted octanol–water partition coefficient (Wildman–Crippen LogP) is 2.06. The Morgan fingerprint density at radius 3 is 3.16 bits per heavy atom. The number of aromatic nitrogens is 4. The Morgan fingerprint density at radius 1 is 1.44 bits per heavy atom. The molecular formula is C17H25N5O3. The van der Waals surface area contributed by atoms with Crippen molar-refractivity contribution in [1.82, 2.24) is 25.2 Å². The first-order valence-electron chi connectivity index (χ1n) is 8.86. The maximum absolute atomic E-state index is 12.7. The van der Waals surface area contributed by atoms with E-state index in [0.29, 0.717) is 31.2 Å². The summed E-state index contributed by atoms with van der Waals surface area (Å²) in [6.07, 6.45) is 9.43. The predicted molar refractivity (Wildman–Crippen MR) is 89.7 cm³/mol. The lowest BCUT2D eigenvalue weighted by atomic mass is 10.0. The lowest BCUT2D eigenvalue weighted by Crippen LogP contribution is -2.38. The molecule has 2 aromatic heterocycles. The van der Waals surface area contributed by atoms with Gasteiger partial charge in [-0.1, -0.05) is 5.16 Å². The van der Waals surface area contributed by atoms with E-state index in [1.54, 1.807) is 13.3 Å². The van der Waals surface area contributed by atoms with Crippen LogP contribution in [0.4, 0.5) is 0 Å². The van der Waals surface area contributed by atoms with Gasteiger partial charge in [-0.25, -0.2) is 0 Å². The molecule has 2 aromatic rings. The number of ether oxygens (including phenoxy) is 1. The minimum atomic E-state index is -0.0982. The smallest absolute Gasteiger partial charge is 0.249 e. The molecular weight excluding hydrogens is 322 g/mol. The van der Waals surface area contributed by atoms with Crippen LogP contribution in [0.1, 0.15) is 55.4 Å². The molecule has 1 saturated heterocycles. The number of rotatable bonds is 8. The van der Waals surface area contributed by atoms with Gasteiger partial charge in [-0.05, 0) is 37.7 Å². The SMILES string of the molecule is COCCc1noc(C2CCCCN2C(=O)CCCc2cn[nH]c2)n1. The monoisotopic (exact) mass is 347 g/mol. The summed E-state index contributed by atoms with van der Waals surface area (Å²) >= 11 is 0. The first-order valence-corrected chi connectivity index (χ1v) is 8.86. The van der Waals surface area contributed by atoms with E-state index in [9.17, 15) is 4.79 Å². The van der Waals surface area contributed by atoms with Crippen molar-refractivity contribution in [2.75, 3.05) is 20.3 Å². The van der Waals surface area contributed by atoms with Crippen LogP contribution in [0.5, 0.6) is 0 Å². The number of amides is 1. The average Bonchev–Trinajstić information content (AvgIpc) is 3.32. The number of H-pyrrole nitrogens is 1. The van der Waals surface area contributed by atoms with Crippen LogP contribution in [0.15, 0.2) is 16.9 Å². The second kappa shape index (κ2) is 8.75. The van der Waals surface area contributed by atoms with Crippen LogP contribution in [0, 0.1) is 0 Å². The van der Waals surface area contributed by atoms with Gasteiger partial charge in [0.25, 0.3) is 0 Å². The number of carbonyl (C=O) groups excluding carboxylic acids is 1. The Morgan fingerprint density at radius 2 is 2.36 bits per heavy atom. The van der Waals surface area contributed by atoms with Crippen molar-refractivity contribution in [3.05, 3.63) is 29.7 Å². The van der Waals surface area contributed by atoms with Crippen molar-refractivity contribution in [3.8, 4) is 0 Å². The third kappa shape index (κ3) is 4.66. The molecule has 1 N–H and O–H groups in total. The van der Waals surface area contributed by atoms with Gasteiger partial charge in [0.15, 0.2) is 5.82 Å². The first-order chi connectivity index (χ1) is 12.3. The molecule has 0 aliphatic carbocycles. The Balaban J connectivity index is 1.57. The zero-order valence-electron chi connectivity index (χ0n) is 14.6. The summed E-state index contributed by atoms with van der Waals surface area (Å²) in [7, 11) is 1.64. The lowest BCUT2D eigenvalue weighted by Gasteiger charge is -2.33. The fourth-order valence-corrected chi connectivity index (χ4v) is 3.19. The molecule has 1 atom stereocenters. The number of hydrogen-bond donors (Lipinski definition) is 1. The summed E-state index contributed by atoms with van der Waals surface area (Å²) in [5.74, 6) is 1.34. The molecule has 136 valence electrons. The molecule has 3 rings (SSSR count). The number of nitrogens with one attached hydrogen (secondary N) is 1. The topological polar surface area (TPSA) is 97.1 Å². The number of carbonyl (C=O) groups is 1. The zero-order chi connectivity index (χ0) is 17.5. The normalized spacial score (nSPS) is 17.8. The van der Waals surface area contributed by atoms with Gasteiger partial charge < -0.3 is 14.2 Å². The van der Waals surface area contributed by atoms with Crippen LogP contribution in [-0.2, 0) is 22.4 Å². The van der Waals surface area contributed by atoms with Crippen LogP contribution < -0.4 is 0 Å². The highest BCUT2D eigenvalue weighted by atomic mass is 16.5. The van der Waals surface area contributed by atoms with Gasteiger partial charge in [0.2, 0.25) is 11.8 Å². The van der Waals surface area contributed by atoms with E-state index in [-0.39, 0.29) is 11.9 Å². The highest BCUT2D eigenvalue weighted by Gasteiger charge is 2.31. The Hall–Kier alpha value is -2.22. The van der Waals surface area contributed by atoms with E-state index < -0.39 is 0 Å². The number of nitrogens with zero attached hydrogens (tertiary/aromatic N) is 4. The van der Waals surface area contributed by atoms with Crippen LogP contribution >= 0.6 is 0 Å². The molecule has 0 aromatic carbocycles. The Kier molecular flexibility index (Phi) is 6.16. The van der Waals surface area contributed by atoms with Crippen molar-refractivity contribution >= 4 is 5.91 Å². The summed E-state index contributed by atoms with van der Waals surface area (Å²) < 4.78 is 10.5. The molecule has 1 aliphatic heterocycles. The van der Waals surface area contributed by atoms with Gasteiger partial charge in [-0.2, -0.15) is 10.1 Å². The molecule has 1 aliphatic rings. The molecule has 0 radical (unpaired) electrons. The summed E-state index contributed by atoms with van der Waals surface area (Å²) in [5, 5.41) is 10.7. The average molecular weight is 347 g/mol. The number of aromatic amines is 1. The fraction of sp³-hybridized carbons (Fsp3) is 0.647. The minimum absolute atomic E-state index is 0.0982. The lowest BCUT2D eigenvalue weighted by molar-refractivity contribution is -0.135. The maximum atomic E-state index is 12.7. The van der Waals surface area contributed by atoms with Crippen LogP contribution in [0.2, 0.25) is 0 Å². The number of aryl methyl sites for hydroxylation is 1. The van der Waals surface area contributed by atoms with E-state index in [0.717, 1.165) is 44.2 Å². The maximum Gasteiger partial charge on any atom is 0.249 e. The van der Waals surface area contributed by atoms with E-state index >= 15 is 0 Å². The molecule has 8 heteroatoms. The second-order valence-electron chi connectivity index (χ2n) is 6.35. The third-order valence-electron chi connectivity index (χ3n) is 4.53. The van der Waals surface area contributed by atoms with Gasteiger partial charge in [-0.15, -0.1) is 0 Å². The number of piperidine rings is 1. The highest BCUT2D eigenvalue weighted by Crippen LogP contribution is 2.30. The number of likely N-dealkylation sites (tertiary alicyclic amines) is 1. The van der Waals surface area contributed by atoms with Crippen molar-refractivity contribution in [2.45, 2.75) is 51.0 Å². The first kappa shape index (κ1) is 17.6. The Bertz CT molecular complexity index is 655. The van der Waals surface area contributed by atoms with E-state index in [1.807, 2.05) is 11.1 Å². The second-order valence-corrected chi connectivity index (χ2v) is 6.35. The minimum Gasteiger partial charge on any atom is -0.384 e. The summed E-state index contributed by atoms with van der Waals surface area (Å²) in [6.45, 7) is 1.31. The molecule has 1 unspecified atom stereocenters. The van der Waals surface area contributed by atoms with Crippen molar-refractivity contribution in [1.29, 1.82) is 0 Å². The summed E-state index contributed by atoms with van der Waals surface area (Å²) in [5.41, 5.74) is 1.13. The van der Waals surface area contributed by atoms with Gasteiger partial charge >= 0.3 is 0 Å². The zero-order valence-corrected chi connectivity index (χ0v) is 14.6. The van der Waals surface area contributed by atoms with Gasteiger partial charge in [0.1, 0.15) is 6.04 Å². The number of methoxy groups -OCH3 is 1. The summed E-state index contributed by atoms with van der Waals surface area (Å²) in [6, 6.07) is -0.0982. The van der Waals surface area contributed by atoms with Crippen molar-refractivity contribution in [2.24, 2.45) is 0 Å². The Labute approximate surface area is 146 Å². The van der Waals surface area contributed by atoms with Gasteiger partial charge in [0.05, 0.1) is 12.8 Å². The molecule has 0 spiro atoms. The third-order valence-corrected chi connectivity index (χ3v) is 4.53. The van der Waals surface area contributed by atoms with Crippen LogP contribution in [0.3, 0.4) is 0 Å². The van der Waals surface area contributed by atoms with Crippen LogP contribution in [0.25, 0.3) is 0 Å². The highest BCUT2D eigenvalue weighted by molar-refractivity contribution is 5.76. The molecule has 1 fully saturated rings. The van der Waals surface area contributed by atoms with E-state index in [4.69, 9.17) is 9.26 Å². The fourth-order valence-electron chi connectivity index (χ4n) is 3.19. The van der Waals surface area contributed by atoms with E-state index in [1.165, 1.54) is 0 Å².